The molecule has 0 saturated carbocycles. The summed E-state index contributed by atoms with van der Waals surface area (Å²) in [6, 6.07) is 10.2. The Morgan fingerprint density at radius 2 is 2.16 bits per heavy atom. The molecule has 1 aliphatic rings. The highest BCUT2D eigenvalue weighted by atomic mass is 32.1. The van der Waals surface area contributed by atoms with E-state index in [0.717, 1.165) is 47.9 Å². The minimum Gasteiger partial charge on any atom is -0.353 e. The molecular formula is C18H19N5OS. The summed E-state index contributed by atoms with van der Waals surface area (Å²) in [6.45, 7) is 0.849. The van der Waals surface area contributed by atoms with E-state index in [1.165, 1.54) is 0 Å². The summed E-state index contributed by atoms with van der Waals surface area (Å²) < 4.78 is 2.07. The largest absolute Gasteiger partial charge is 0.353 e. The first kappa shape index (κ1) is 16.0. The summed E-state index contributed by atoms with van der Waals surface area (Å²) in [6.07, 6.45) is 4.74. The molecule has 0 spiro atoms. The maximum absolute atomic E-state index is 12.4. The Kier molecular flexibility index (Phi) is 4.56. The number of nitrogens with one attached hydrogen (secondary N) is 1. The van der Waals surface area contributed by atoms with Crippen LogP contribution in [0.3, 0.4) is 0 Å². The Morgan fingerprint density at radius 1 is 1.28 bits per heavy atom. The van der Waals surface area contributed by atoms with Gasteiger partial charge in [-0.2, -0.15) is 0 Å². The Balaban J connectivity index is 1.34. The van der Waals surface area contributed by atoms with Gasteiger partial charge in [-0.05, 0) is 12.8 Å². The number of thiazole rings is 1. The van der Waals surface area contributed by atoms with E-state index < -0.39 is 0 Å². The lowest BCUT2D eigenvalue weighted by Crippen LogP contribution is -2.36. The van der Waals surface area contributed by atoms with Crippen LogP contribution in [-0.2, 0) is 24.2 Å². The molecule has 0 fully saturated rings. The van der Waals surface area contributed by atoms with Crippen molar-refractivity contribution < 1.29 is 4.79 Å². The Hall–Kier alpha value is -2.54. The molecule has 7 heteroatoms. The van der Waals surface area contributed by atoms with Crippen LogP contribution in [0.4, 0.5) is 0 Å². The zero-order valence-corrected chi connectivity index (χ0v) is 14.6. The molecule has 1 amide bonds. The first-order chi connectivity index (χ1) is 12.3. The SMILES string of the molecule is O=C(Cc1csc(-c2ccccc2)n1)NC1CCc2nncn2CC1. The fourth-order valence-corrected chi connectivity index (χ4v) is 3.92. The number of benzene rings is 1. The molecule has 6 nitrogen and oxygen atoms in total. The second-order valence-corrected chi connectivity index (χ2v) is 7.08. The van der Waals surface area contributed by atoms with Crippen molar-refractivity contribution >= 4 is 17.2 Å². The van der Waals surface area contributed by atoms with Gasteiger partial charge >= 0.3 is 0 Å². The summed E-state index contributed by atoms with van der Waals surface area (Å²) in [5.41, 5.74) is 1.91. The first-order valence-corrected chi connectivity index (χ1v) is 9.32. The Labute approximate surface area is 149 Å². The van der Waals surface area contributed by atoms with Gasteiger partial charge in [0.2, 0.25) is 5.91 Å². The zero-order chi connectivity index (χ0) is 17.1. The number of rotatable bonds is 4. The summed E-state index contributed by atoms with van der Waals surface area (Å²) in [7, 11) is 0. The average molecular weight is 353 g/mol. The van der Waals surface area contributed by atoms with Gasteiger partial charge in [-0.15, -0.1) is 21.5 Å². The number of amides is 1. The number of aryl methyl sites for hydroxylation is 2. The fourth-order valence-electron chi connectivity index (χ4n) is 3.09. The number of hydrogen-bond acceptors (Lipinski definition) is 5. The summed E-state index contributed by atoms with van der Waals surface area (Å²) in [4.78, 5) is 17.0. The van der Waals surface area contributed by atoms with Gasteiger partial charge in [-0.25, -0.2) is 4.98 Å². The highest BCUT2D eigenvalue weighted by Crippen LogP contribution is 2.23. The van der Waals surface area contributed by atoms with E-state index in [2.05, 4.69) is 25.1 Å². The summed E-state index contributed by atoms with van der Waals surface area (Å²) >= 11 is 1.58. The highest BCUT2D eigenvalue weighted by molar-refractivity contribution is 7.13. The van der Waals surface area contributed by atoms with Gasteiger partial charge in [0.15, 0.2) is 0 Å². The molecule has 0 aliphatic carbocycles. The molecule has 2 aromatic heterocycles. The maximum Gasteiger partial charge on any atom is 0.226 e. The van der Waals surface area contributed by atoms with Gasteiger partial charge in [0.1, 0.15) is 17.2 Å². The van der Waals surface area contributed by atoms with Crippen LogP contribution in [0.5, 0.6) is 0 Å². The van der Waals surface area contributed by atoms with Crippen LogP contribution in [0.15, 0.2) is 42.0 Å². The minimum atomic E-state index is 0.0348. The molecule has 1 unspecified atom stereocenters. The molecule has 3 aromatic rings. The van der Waals surface area contributed by atoms with Crippen LogP contribution in [0.1, 0.15) is 24.4 Å². The normalized spacial score (nSPS) is 16.9. The standard InChI is InChI=1S/C18H19N5OS/c24-17(20-14-6-7-16-22-19-12-23(16)9-8-14)10-15-11-25-18(21-15)13-4-2-1-3-5-13/h1-5,11-12,14H,6-10H2,(H,20,24). The molecule has 3 heterocycles. The first-order valence-electron chi connectivity index (χ1n) is 8.44. The summed E-state index contributed by atoms with van der Waals surface area (Å²) in [5, 5.41) is 14.1. The van der Waals surface area contributed by atoms with Crippen molar-refractivity contribution in [1.29, 1.82) is 0 Å². The fraction of sp³-hybridized carbons (Fsp3) is 0.333. The molecule has 1 atom stereocenters. The van der Waals surface area contributed by atoms with E-state index >= 15 is 0 Å². The van der Waals surface area contributed by atoms with E-state index in [1.807, 2.05) is 35.7 Å². The molecular weight excluding hydrogens is 334 g/mol. The lowest BCUT2D eigenvalue weighted by Gasteiger charge is -2.15. The van der Waals surface area contributed by atoms with Crippen molar-refractivity contribution in [2.24, 2.45) is 0 Å². The van der Waals surface area contributed by atoms with Crippen LogP contribution in [-0.4, -0.2) is 31.7 Å². The van der Waals surface area contributed by atoms with Gasteiger partial charge in [0.25, 0.3) is 0 Å². The number of hydrogen-bond donors (Lipinski definition) is 1. The van der Waals surface area contributed by atoms with Crippen LogP contribution in [0.25, 0.3) is 10.6 Å². The molecule has 1 aromatic carbocycles. The number of carbonyl (C=O) groups excluding carboxylic acids is 1. The van der Waals surface area contributed by atoms with Crippen molar-refractivity contribution in [2.45, 2.75) is 38.3 Å². The predicted molar refractivity (Wildman–Crippen MR) is 96.1 cm³/mol. The molecule has 0 bridgehead atoms. The molecule has 0 saturated heterocycles. The quantitative estimate of drug-likeness (QED) is 0.782. The van der Waals surface area contributed by atoms with Gasteiger partial charge < -0.3 is 9.88 Å². The molecule has 128 valence electrons. The highest BCUT2D eigenvalue weighted by Gasteiger charge is 2.19. The van der Waals surface area contributed by atoms with Crippen LogP contribution >= 0.6 is 11.3 Å². The van der Waals surface area contributed by atoms with E-state index in [-0.39, 0.29) is 11.9 Å². The van der Waals surface area contributed by atoms with Crippen LogP contribution in [0.2, 0.25) is 0 Å². The van der Waals surface area contributed by atoms with E-state index in [9.17, 15) is 4.79 Å². The smallest absolute Gasteiger partial charge is 0.226 e. The third kappa shape index (κ3) is 3.76. The third-order valence-corrected chi connectivity index (χ3v) is 5.35. The lowest BCUT2D eigenvalue weighted by molar-refractivity contribution is -0.121. The van der Waals surface area contributed by atoms with Gasteiger partial charge in [-0.1, -0.05) is 30.3 Å². The molecule has 1 N–H and O–H groups in total. The van der Waals surface area contributed by atoms with Crippen molar-refractivity contribution in [3.8, 4) is 10.6 Å². The molecule has 0 radical (unpaired) electrons. The van der Waals surface area contributed by atoms with Crippen molar-refractivity contribution in [3.05, 3.63) is 53.6 Å². The maximum atomic E-state index is 12.4. The van der Waals surface area contributed by atoms with Crippen LogP contribution in [0, 0.1) is 0 Å². The van der Waals surface area contributed by atoms with Crippen molar-refractivity contribution in [3.63, 3.8) is 0 Å². The second kappa shape index (κ2) is 7.14. The number of nitrogens with zero attached hydrogens (tertiary/aromatic N) is 4. The van der Waals surface area contributed by atoms with Crippen molar-refractivity contribution in [2.75, 3.05) is 0 Å². The predicted octanol–water partition coefficient (Wildman–Crippen LogP) is 2.47. The number of aromatic nitrogens is 4. The second-order valence-electron chi connectivity index (χ2n) is 6.22. The van der Waals surface area contributed by atoms with E-state index in [0.29, 0.717) is 6.42 Å². The van der Waals surface area contributed by atoms with Crippen LogP contribution < -0.4 is 5.32 Å². The lowest BCUT2D eigenvalue weighted by atomic mass is 10.1. The Morgan fingerprint density at radius 3 is 3.04 bits per heavy atom. The monoisotopic (exact) mass is 353 g/mol. The topological polar surface area (TPSA) is 72.7 Å². The van der Waals surface area contributed by atoms with Crippen molar-refractivity contribution in [1.82, 2.24) is 25.1 Å². The van der Waals surface area contributed by atoms with Gasteiger partial charge in [-0.3, -0.25) is 4.79 Å². The minimum absolute atomic E-state index is 0.0348. The molecule has 1 aliphatic heterocycles. The number of fused-ring (bicyclic) bond motifs is 1. The zero-order valence-electron chi connectivity index (χ0n) is 13.8. The average Bonchev–Trinajstić information content (AvgIpc) is 3.24. The molecule has 4 rings (SSSR count). The Bertz CT molecular complexity index is 835. The van der Waals surface area contributed by atoms with E-state index in [1.54, 1.807) is 17.7 Å². The van der Waals surface area contributed by atoms with E-state index in [4.69, 9.17) is 0 Å². The van der Waals surface area contributed by atoms with Gasteiger partial charge in [0.05, 0.1) is 12.1 Å². The summed E-state index contributed by atoms with van der Waals surface area (Å²) in [5.74, 6) is 1.04. The third-order valence-electron chi connectivity index (χ3n) is 4.41. The number of carbonyl (C=O) groups is 1. The molecule has 25 heavy (non-hydrogen) atoms. The van der Waals surface area contributed by atoms with Gasteiger partial charge in [0, 0.05) is 30.0 Å².